The predicted molar refractivity (Wildman–Crippen MR) is 170 cm³/mol. The number of nitrogens with zero attached hydrogens (tertiary/aromatic N) is 3. The van der Waals surface area contributed by atoms with Gasteiger partial charge in [0.15, 0.2) is 16.1 Å². The zero-order valence-corrected chi connectivity index (χ0v) is 25.2. The Morgan fingerprint density at radius 2 is 1.71 bits per heavy atom. The molecule has 1 atom stereocenters. The molecule has 0 bridgehead atoms. The average Bonchev–Trinajstić information content (AvgIpc) is 3.64. The zero-order chi connectivity index (χ0) is 31.2. The first-order chi connectivity index (χ1) is 21.7. The average molecular weight is 618 g/mol. The highest BCUT2D eigenvalue weighted by Crippen LogP contribution is 2.55. The van der Waals surface area contributed by atoms with Crippen LogP contribution in [0.2, 0.25) is 0 Å². The number of fused-ring (bicyclic) bond motifs is 6. The first kappa shape index (κ1) is 27.2. The van der Waals surface area contributed by atoms with Gasteiger partial charge in [0, 0.05) is 5.56 Å². The molecule has 1 spiro atoms. The second-order valence-corrected chi connectivity index (χ2v) is 12.3. The number of aromatic nitrogens is 1. The van der Waals surface area contributed by atoms with Crippen LogP contribution >= 0.6 is 11.3 Å². The summed E-state index contributed by atoms with van der Waals surface area (Å²) >= 11 is 1.22. The molecule has 6 aromatic rings. The van der Waals surface area contributed by atoms with Gasteiger partial charge in [0.2, 0.25) is 5.76 Å². The van der Waals surface area contributed by atoms with E-state index in [1.54, 1.807) is 72.7 Å². The maximum Gasteiger partial charge on any atom is 0.297 e. The summed E-state index contributed by atoms with van der Waals surface area (Å²) in [7, 11) is 1.56. The van der Waals surface area contributed by atoms with Gasteiger partial charge in [0.1, 0.15) is 17.1 Å². The van der Waals surface area contributed by atoms with Crippen LogP contribution in [0, 0.1) is 19.7 Å². The number of carbonyl (C=O) groups is 2. The molecule has 2 amide bonds. The van der Waals surface area contributed by atoms with Gasteiger partial charge in [-0.2, -0.15) is 0 Å². The van der Waals surface area contributed by atoms with Crippen LogP contribution in [0.5, 0.6) is 5.75 Å². The van der Waals surface area contributed by atoms with Crippen LogP contribution in [0.15, 0.2) is 88.1 Å². The first-order valence-electron chi connectivity index (χ1n) is 14.3. The summed E-state index contributed by atoms with van der Waals surface area (Å²) < 4.78 is 26.2. The minimum Gasteiger partial charge on any atom is -0.497 e. The van der Waals surface area contributed by atoms with Gasteiger partial charge in [-0.25, -0.2) is 9.37 Å². The highest BCUT2D eigenvalue weighted by atomic mass is 32.1. The highest BCUT2D eigenvalue weighted by Gasteiger charge is 2.66. The van der Waals surface area contributed by atoms with Crippen molar-refractivity contribution in [3.63, 3.8) is 0 Å². The van der Waals surface area contributed by atoms with Crippen molar-refractivity contribution < 1.29 is 23.1 Å². The summed E-state index contributed by atoms with van der Waals surface area (Å²) in [6, 6.07) is 21.8. The number of halogens is 1. The Balaban J connectivity index is 1.44. The summed E-state index contributed by atoms with van der Waals surface area (Å²) in [5.41, 5.74) is 1.91. The molecule has 1 unspecified atom stereocenters. The largest absolute Gasteiger partial charge is 0.497 e. The number of carbonyl (C=O) groups excluding carboxylic acids is 2. The zero-order valence-electron chi connectivity index (χ0n) is 24.4. The van der Waals surface area contributed by atoms with E-state index in [1.165, 1.54) is 28.4 Å². The number of hydrogen-bond acceptors (Lipinski definition) is 7. The molecule has 4 heterocycles. The molecular formula is C35H24FN3O5S. The topological polar surface area (TPSA) is 93.0 Å². The monoisotopic (exact) mass is 617 g/mol. The first-order valence-corrected chi connectivity index (χ1v) is 15.1. The van der Waals surface area contributed by atoms with E-state index in [-0.39, 0.29) is 34.0 Å². The van der Waals surface area contributed by atoms with Crippen LogP contribution in [0.4, 0.5) is 15.2 Å². The Kier molecular flexibility index (Phi) is 5.79. The van der Waals surface area contributed by atoms with Gasteiger partial charge in [0.05, 0.1) is 40.5 Å². The van der Waals surface area contributed by atoms with Gasteiger partial charge in [-0.05, 0) is 79.1 Å². The minimum atomic E-state index is -1.89. The predicted octanol–water partition coefficient (Wildman–Crippen LogP) is 6.62. The Hall–Kier alpha value is -5.35. The van der Waals surface area contributed by atoms with Gasteiger partial charge in [0.25, 0.3) is 11.8 Å². The van der Waals surface area contributed by atoms with Crippen LogP contribution in [0.25, 0.3) is 21.2 Å². The molecule has 45 heavy (non-hydrogen) atoms. The van der Waals surface area contributed by atoms with Gasteiger partial charge in [-0.1, -0.05) is 41.7 Å². The summed E-state index contributed by atoms with van der Waals surface area (Å²) in [5.74, 6) is -1.12. The lowest BCUT2D eigenvalue weighted by atomic mass is 9.84. The normalized spacial score (nSPS) is 17.2. The van der Waals surface area contributed by atoms with Crippen molar-refractivity contribution in [2.45, 2.75) is 25.9 Å². The van der Waals surface area contributed by atoms with Crippen molar-refractivity contribution in [1.82, 2.24) is 4.98 Å². The van der Waals surface area contributed by atoms with Crippen LogP contribution in [-0.2, 0) is 16.9 Å². The van der Waals surface area contributed by atoms with Crippen LogP contribution in [0.1, 0.15) is 38.4 Å². The van der Waals surface area contributed by atoms with Crippen LogP contribution in [-0.4, -0.2) is 23.9 Å². The van der Waals surface area contributed by atoms with Crippen molar-refractivity contribution in [3.8, 4) is 5.75 Å². The maximum absolute atomic E-state index is 15.1. The molecule has 0 aliphatic carbocycles. The lowest BCUT2D eigenvalue weighted by Crippen LogP contribution is -2.53. The van der Waals surface area contributed by atoms with Crippen molar-refractivity contribution in [2.75, 3.05) is 16.9 Å². The molecule has 8 rings (SSSR count). The molecule has 0 saturated carbocycles. The number of amides is 2. The summed E-state index contributed by atoms with van der Waals surface area (Å²) in [6.45, 7) is 3.88. The molecule has 2 aliphatic heterocycles. The molecule has 2 aromatic heterocycles. The fourth-order valence-electron chi connectivity index (χ4n) is 6.46. The van der Waals surface area contributed by atoms with E-state index in [0.29, 0.717) is 28.1 Å². The van der Waals surface area contributed by atoms with Crippen molar-refractivity contribution in [3.05, 3.63) is 128 Å². The van der Waals surface area contributed by atoms with Crippen molar-refractivity contribution in [2.24, 2.45) is 0 Å². The second-order valence-electron chi connectivity index (χ2n) is 11.3. The number of aryl methyl sites for hydroxylation is 2. The Morgan fingerprint density at radius 1 is 0.956 bits per heavy atom. The lowest BCUT2D eigenvalue weighted by Gasteiger charge is -2.32. The van der Waals surface area contributed by atoms with E-state index in [1.807, 2.05) is 19.9 Å². The standard InChI is InChI=1S/C35H24FN3O5S/c1-18-14-23-27(15-19(18)2)44-31-29(30(23)40)35(39(32(31)41)34-37-25-13-12-22(43-3)16-28(25)45-34)24-6-4-5-7-26(24)38(33(35)42)17-20-8-10-21(36)11-9-20/h4-16H,17H2,1-3H3. The highest BCUT2D eigenvalue weighted by molar-refractivity contribution is 7.22. The number of hydrogen-bond donors (Lipinski definition) is 0. The van der Waals surface area contributed by atoms with Gasteiger partial charge in [-0.3, -0.25) is 19.3 Å². The van der Waals surface area contributed by atoms with E-state index >= 15 is 4.79 Å². The number of methoxy groups -OCH3 is 1. The SMILES string of the molecule is COc1ccc2nc(N3C(=O)c4oc5cc(C)c(C)cc5c(=O)c4C34C(=O)N(Cc3ccc(F)cc3)c3ccccc34)sc2c1. The molecule has 0 radical (unpaired) electrons. The molecular weight excluding hydrogens is 593 g/mol. The summed E-state index contributed by atoms with van der Waals surface area (Å²) in [4.78, 5) is 51.9. The summed E-state index contributed by atoms with van der Waals surface area (Å²) in [6.07, 6.45) is 0. The number of benzene rings is 4. The Labute approximate surface area is 259 Å². The number of ether oxygens (including phenoxy) is 1. The number of para-hydroxylation sites is 1. The molecule has 0 N–H and O–H groups in total. The molecule has 0 fully saturated rings. The smallest absolute Gasteiger partial charge is 0.297 e. The summed E-state index contributed by atoms with van der Waals surface area (Å²) in [5, 5.41) is 0.513. The second kappa shape index (κ2) is 9.57. The fourth-order valence-corrected chi connectivity index (χ4v) is 7.51. The van der Waals surface area contributed by atoms with E-state index < -0.39 is 28.6 Å². The van der Waals surface area contributed by atoms with Crippen LogP contribution in [0.3, 0.4) is 0 Å². The third-order valence-corrected chi connectivity index (χ3v) is 9.77. The van der Waals surface area contributed by atoms with Crippen LogP contribution < -0.4 is 20.0 Å². The number of anilines is 2. The van der Waals surface area contributed by atoms with Crippen molar-refractivity contribution >= 4 is 55.2 Å². The van der Waals surface area contributed by atoms with E-state index in [0.717, 1.165) is 15.8 Å². The maximum atomic E-state index is 15.1. The molecule has 222 valence electrons. The minimum absolute atomic E-state index is 0.0425. The van der Waals surface area contributed by atoms with Crippen molar-refractivity contribution in [1.29, 1.82) is 0 Å². The van der Waals surface area contributed by atoms with Gasteiger partial charge in [-0.15, -0.1) is 0 Å². The van der Waals surface area contributed by atoms with Gasteiger partial charge < -0.3 is 14.1 Å². The Bertz CT molecular complexity index is 2310. The fraction of sp³-hybridized carbons (Fsp3) is 0.143. The van der Waals surface area contributed by atoms with E-state index in [9.17, 15) is 14.0 Å². The lowest BCUT2D eigenvalue weighted by molar-refractivity contribution is -0.121. The Morgan fingerprint density at radius 3 is 2.49 bits per heavy atom. The number of rotatable bonds is 4. The quantitative estimate of drug-likeness (QED) is 0.221. The molecule has 2 aliphatic rings. The number of thiazole rings is 1. The molecule has 8 nitrogen and oxygen atoms in total. The van der Waals surface area contributed by atoms with Gasteiger partial charge >= 0.3 is 0 Å². The van der Waals surface area contributed by atoms with E-state index in [4.69, 9.17) is 14.1 Å². The van der Waals surface area contributed by atoms with E-state index in [2.05, 4.69) is 0 Å². The molecule has 4 aromatic carbocycles. The molecule has 0 saturated heterocycles. The molecule has 10 heteroatoms. The third-order valence-electron chi connectivity index (χ3n) is 8.77. The third kappa shape index (κ3) is 3.69.